The molecule has 0 aromatic rings. The molecule has 1 aliphatic heterocycles. The smallest absolute Gasteiger partial charge is 0.322 e. The van der Waals surface area contributed by atoms with Gasteiger partial charge in [0.15, 0.2) is 0 Å². The van der Waals surface area contributed by atoms with E-state index in [0.717, 1.165) is 6.42 Å². The number of unbranched alkanes of at least 4 members (excludes halogenated alkanes) is 1. The van der Waals surface area contributed by atoms with Crippen molar-refractivity contribution in [3.8, 4) is 0 Å². The van der Waals surface area contributed by atoms with Crippen LogP contribution in [0.3, 0.4) is 0 Å². The van der Waals surface area contributed by atoms with Gasteiger partial charge in [-0.25, -0.2) is 0 Å². The van der Waals surface area contributed by atoms with Crippen LogP contribution in [-0.2, 0) is 52.7 Å². The van der Waals surface area contributed by atoms with Crippen molar-refractivity contribution in [2.24, 2.45) is 5.73 Å². The van der Waals surface area contributed by atoms with E-state index in [-0.39, 0.29) is 31.7 Å². The first kappa shape index (κ1) is 44.2. The Balaban J connectivity index is 2.41. The molecule has 10 amide bonds. The molecule has 0 aromatic heterocycles. The maximum Gasteiger partial charge on any atom is 0.322 e. The number of aliphatic carboxylic acids is 1. The number of carbonyl (C=O) groups is 11. The number of carboxylic acids is 1. The zero-order chi connectivity index (χ0) is 39.2. The fraction of sp³-hybridized carbons (Fsp3) is 0.633. The molecule has 52 heavy (non-hydrogen) atoms. The Labute approximate surface area is 298 Å². The Morgan fingerprint density at radius 2 is 1.25 bits per heavy atom. The van der Waals surface area contributed by atoms with Gasteiger partial charge in [-0.05, 0) is 32.6 Å². The van der Waals surface area contributed by atoms with E-state index in [0.29, 0.717) is 19.3 Å². The third-order valence-electron chi connectivity index (χ3n) is 7.32. The second-order valence-electron chi connectivity index (χ2n) is 11.6. The summed E-state index contributed by atoms with van der Waals surface area (Å²) in [6, 6.07) is -3.26. The minimum atomic E-state index is -1.25. The van der Waals surface area contributed by atoms with Crippen molar-refractivity contribution >= 4 is 65.0 Å². The molecule has 1 aliphatic rings. The lowest BCUT2D eigenvalue weighted by atomic mass is 10.1. The fourth-order valence-electron chi connectivity index (χ4n) is 4.57. The van der Waals surface area contributed by atoms with Gasteiger partial charge in [-0.3, -0.25) is 52.7 Å². The van der Waals surface area contributed by atoms with Crippen molar-refractivity contribution in [1.82, 2.24) is 47.4 Å². The highest BCUT2D eigenvalue weighted by molar-refractivity contribution is 5.95. The van der Waals surface area contributed by atoms with Gasteiger partial charge >= 0.3 is 5.97 Å². The largest absolute Gasteiger partial charge is 0.480 e. The predicted molar refractivity (Wildman–Crippen MR) is 178 cm³/mol. The second kappa shape index (κ2) is 23.6. The summed E-state index contributed by atoms with van der Waals surface area (Å²) >= 11 is 0. The third-order valence-corrected chi connectivity index (χ3v) is 7.32. The first-order chi connectivity index (χ1) is 24.5. The van der Waals surface area contributed by atoms with Crippen LogP contribution in [0, 0.1) is 0 Å². The number of rotatable bonds is 23. The molecule has 3 atom stereocenters. The van der Waals surface area contributed by atoms with Crippen LogP contribution < -0.4 is 48.3 Å². The molecule has 0 saturated carbocycles. The second-order valence-corrected chi connectivity index (χ2v) is 11.6. The lowest BCUT2D eigenvalue weighted by Gasteiger charge is -2.24. The summed E-state index contributed by atoms with van der Waals surface area (Å²) in [7, 11) is 0. The van der Waals surface area contributed by atoms with Gasteiger partial charge in [0, 0.05) is 19.4 Å². The van der Waals surface area contributed by atoms with Gasteiger partial charge in [-0.2, -0.15) is 0 Å². The standard InChI is InChI=1S/C30H48N10O12/c1-3-4-7-21(42)32-14-25(46)39-18(8-9-20(31)41)29(51)35-12-23(44)33-11-22(43)34-13-24(45)38-17(2)28(50)36-15-26(47)40-10-5-6-19(40)30(52)37-16-27(48)49/h17-19H,3-16H2,1-2H3,(H2,31,41)(H,32,42)(H,33,44)(H,34,43)(H,35,51)(H,36,50)(H,37,52)(H,38,45)(H,39,46)(H,48,49). The predicted octanol–water partition coefficient (Wildman–Crippen LogP) is -5.80. The number of hydrogen-bond donors (Lipinski definition) is 10. The molecule has 290 valence electrons. The van der Waals surface area contributed by atoms with Gasteiger partial charge in [0.05, 0.1) is 32.7 Å². The van der Waals surface area contributed by atoms with Crippen LogP contribution in [0.15, 0.2) is 0 Å². The number of nitrogens with zero attached hydrogens (tertiary/aromatic N) is 1. The molecule has 1 rings (SSSR count). The third kappa shape index (κ3) is 18.2. The van der Waals surface area contributed by atoms with Crippen LogP contribution in [0.25, 0.3) is 0 Å². The van der Waals surface area contributed by atoms with Crippen LogP contribution in [0.4, 0.5) is 0 Å². The van der Waals surface area contributed by atoms with Crippen molar-refractivity contribution in [2.45, 2.75) is 76.9 Å². The lowest BCUT2D eigenvalue weighted by molar-refractivity contribution is -0.141. The van der Waals surface area contributed by atoms with E-state index in [1.165, 1.54) is 11.8 Å². The highest BCUT2D eigenvalue weighted by Gasteiger charge is 2.34. The van der Waals surface area contributed by atoms with Crippen molar-refractivity contribution < 1.29 is 57.8 Å². The average Bonchev–Trinajstić information content (AvgIpc) is 3.60. The first-order valence-corrected chi connectivity index (χ1v) is 16.5. The number of primary amides is 1. The van der Waals surface area contributed by atoms with Gasteiger partial charge in [0.25, 0.3) is 0 Å². The van der Waals surface area contributed by atoms with Crippen molar-refractivity contribution in [3.63, 3.8) is 0 Å². The minimum Gasteiger partial charge on any atom is -0.480 e. The normalized spacial score (nSPS) is 14.4. The summed E-state index contributed by atoms with van der Waals surface area (Å²) in [6.07, 6.45) is 2.04. The number of amides is 10. The van der Waals surface area contributed by atoms with Crippen molar-refractivity contribution in [2.75, 3.05) is 45.8 Å². The molecule has 1 heterocycles. The summed E-state index contributed by atoms with van der Waals surface area (Å²) in [5, 5.41) is 27.1. The van der Waals surface area contributed by atoms with E-state index < -0.39 is 117 Å². The van der Waals surface area contributed by atoms with Gasteiger partial charge in [-0.15, -0.1) is 0 Å². The van der Waals surface area contributed by atoms with Crippen LogP contribution in [0.5, 0.6) is 0 Å². The van der Waals surface area contributed by atoms with Gasteiger partial charge in [0.1, 0.15) is 24.7 Å². The molecule has 0 spiro atoms. The number of hydrogen-bond acceptors (Lipinski definition) is 11. The summed E-state index contributed by atoms with van der Waals surface area (Å²) < 4.78 is 0. The summed E-state index contributed by atoms with van der Waals surface area (Å²) in [6.45, 7) is 0.170. The monoisotopic (exact) mass is 740 g/mol. The molecule has 1 fully saturated rings. The van der Waals surface area contributed by atoms with Gasteiger partial charge < -0.3 is 58.3 Å². The van der Waals surface area contributed by atoms with E-state index in [2.05, 4.69) is 42.5 Å². The van der Waals surface area contributed by atoms with E-state index in [9.17, 15) is 52.7 Å². The van der Waals surface area contributed by atoms with Crippen molar-refractivity contribution in [1.29, 1.82) is 0 Å². The van der Waals surface area contributed by atoms with Crippen LogP contribution >= 0.6 is 0 Å². The molecule has 22 heteroatoms. The summed E-state index contributed by atoms with van der Waals surface area (Å²) in [5.74, 6) is -8.18. The van der Waals surface area contributed by atoms with E-state index in [1.54, 1.807) is 0 Å². The maximum atomic E-state index is 12.6. The topological polar surface area (TPSA) is 333 Å². The minimum absolute atomic E-state index is 0.183. The molecule has 0 bridgehead atoms. The quantitative estimate of drug-likeness (QED) is 0.0469. The highest BCUT2D eigenvalue weighted by Crippen LogP contribution is 2.17. The van der Waals surface area contributed by atoms with E-state index >= 15 is 0 Å². The maximum absolute atomic E-state index is 12.6. The van der Waals surface area contributed by atoms with Crippen molar-refractivity contribution in [3.05, 3.63) is 0 Å². The van der Waals surface area contributed by atoms with Gasteiger partial charge in [0.2, 0.25) is 59.1 Å². The molecule has 0 radical (unpaired) electrons. The number of likely N-dealkylation sites (tertiary alicyclic amines) is 1. The zero-order valence-corrected chi connectivity index (χ0v) is 29.1. The number of carbonyl (C=O) groups excluding carboxylic acids is 10. The average molecular weight is 741 g/mol. The molecule has 1 saturated heterocycles. The molecule has 11 N–H and O–H groups in total. The van der Waals surface area contributed by atoms with E-state index in [4.69, 9.17) is 10.8 Å². The van der Waals surface area contributed by atoms with E-state index in [1.807, 2.05) is 6.92 Å². The summed E-state index contributed by atoms with van der Waals surface area (Å²) in [4.78, 5) is 133. The SMILES string of the molecule is CCCCC(=O)NCC(=O)NC(CCC(N)=O)C(=O)NCC(=O)NCC(=O)NCC(=O)NC(C)C(=O)NCC(=O)N1CCCC1C(=O)NCC(=O)O. The molecular formula is C30H48N10O12. The van der Waals surface area contributed by atoms with Crippen LogP contribution in [-0.4, -0.2) is 139 Å². The fourth-order valence-corrected chi connectivity index (χ4v) is 4.57. The Bertz CT molecular complexity index is 1360. The lowest BCUT2D eigenvalue weighted by Crippen LogP contribution is -2.52. The Hall–Kier alpha value is -5.83. The molecule has 0 aromatic carbocycles. The number of carboxylic acid groups (broad SMARTS) is 1. The zero-order valence-electron chi connectivity index (χ0n) is 29.1. The summed E-state index contributed by atoms with van der Waals surface area (Å²) in [5.41, 5.74) is 5.13. The molecule has 22 nitrogen and oxygen atoms in total. The molecular weight excluding hydrogens is 692 g/mol. The highest BCUT2D eigenvalue weighted by atomic mass is 16.4. The van der Waals surface area contributed by atoms with Crippen LogP contribution in [0.2, 0.25) is 0 Å². The van der Waals surface area contributed by atoms with Crippen LogP contribution in [0.1, 0.15) is 58.8 Å². The Morgan fingerprint density at radius 1 is 0.692 bits per heavy atom. The Morgan fingerprint density at radius 3 is 1.85 bits per heavy atom. The number of nitrogens with one attached hydrogen (secondary N) is 8. The first-order valence-electron chi connectivity index (χ1n) is 16.5. The Kier molecular flexibility index (Phi) is 20.0. The van der Waals surface area contributed by atoms with Gasteiger partial charge in [-0.1, -0.05) is 13.3 Å². The molecule has 3 unspecified atom stereocenters. The number of nitrogens with two attached hydrogens (primary N) is 1. The molecule has 0 aliphatic carbocycles.